The monoisotopic (exact) mass is 300 g/mol. The van der Waals surface area contributed by atoms with E-state index in [9.17, 15) is 9.18 Å². The zero-order chi connectivity index (χ0) is 14.8. The number of hydrogen-bond donors (Lipinski definition) is 0. The largest absolute Gasteiger partial charge is 0.298 e. The molecule has 1 heterocycles. The lowest BCUT2D eigenvalue weighted by Gasteiger charge is -2.01. The van der Waals surface area contributed by atoms with Gasteiger partial charge < -0.3 is 0 Å². The minimum atomic E-state index is -0.394. The number of halogens is 2. The van der Waals surface area contributed by atoms with Crippen molar-refractivity contribution < 1.29 is 9.18 Å². The van der Waals surface area contributed by atoms with Crippen LogP contribution in [0.1, 0.15) is 10.4 Å². The highest BCUT2D eigenvalue weighted by atomic mass is 35.5. The van der Waals surface area contributed by atoms with Crippen LogP contribution in [0.2, 0.25) is 5.15 Å². The number of carbonyl (C=O) groups excluding carboxylic acids is 1. The first-order chi connectivity index (χ1) is 10.2. The van der Waals surface area contributed by atoms with Crippen molar-refractivity contribution in [2.24, 2.45) is 0 Å². The molecule has 21 heavy (non-hydrogen) atoms. The summed E-state index contributed by atoms with van der Waals surface area (Å²) >= 11 is 6.23. The van der Waals surface area contributed by atoms with E-state index < -0.39 is 5.82 Å². The Morgan fingerprint density at radius 3 is 2.52 bits per heavy atom. The maximum Gasteiger partial charge on any atom is 0.155 e. The third-order valence-corrected chi connectivity index (χ3v) is 3.44. The van der Waals surface area contributed by atoms with Crippen LogP contribution >= 0.6 is 11.6 Å². The van der Waals surface area contributed by atoms with Gasteiger partial charge in [0.25, 0.3) is 0 Å². The number of carbonyl (C=O) groups is 1. The third-order valence-electron chi connectivity index (χ3n) is 3.08. The first-order valence-corrected chi connectivity index (χ1v) is 6.63. The molecule has 2 aromatic carbocycles. The maximum atomic E-state index is 13.4. The van der Waals surface area contributed by atoms with E-state index in [0.29, 0.717) is 17.5 Å². The molecule has 0 amide bonds. The van der Waals surface area contributed by atoms with Crippen molar-refractivity contribution in [2.75, 3.05) is 0 Å². The highest BCUT2D eigenvalue weighted by Gasteiger charge is 2.18. The number of nitrogens with zero attached hydrogens (tertiary/aromatic N) is 2. The molecule has 104 valence electrons. The van der Waals surface area contributed by atoms with E-state index in [4.69, 9.17) is 11.6 Å². The number of aldehydes is 1. The van der Waals surface area contributed by atoms with Crippen LogP contribution < -0.4 is 0 Å². The zero-order valence-electron chi connectivity index (χ0n) is 10.8. The quantitative estimate of drug-likeness (QED) is 0.681. The van der Waals surface area contributed by atoms with Crippen LogP contribution in [0, 0.1) is 5.82 Å². The average Bonchev–Trinajstić information content (AvgIpc) is 2.85. The molecular formula is C16H10ClFN2O. The first kappa shape index (κ1) is 13.5. The Kier molecular flexibility index (Phi) is 3.54. The minimum absolute atomic E-state index is 0.204. The molecule has 5 heteroatoms. The van der Waals surface area contributed by atoms with Crippen molar-refractivity contribution in [3.05, 3.63) is 71.1 Å². The van der Waals surface area contributed by atoms with E-state index in [1.807, 2.05) is 30.3 Å². The average molecular weight is 301 g/mol. The summed E-state index contributed by atoms with van der Waals surface area (Å²) in [5.41, 5.74) is 1.84. The van der Waals surface area contributed by atoms with Crippen LogP contribution in [0.3, 0.4) is 0 Å². The lowest BCUT2D eigenvalue weighted by atomic mass is 10.1. The van der Waals surface area contributed by atoms with Crippen molar-refractivity contribution in [3.8, 4) is 16.9 Å². The molecule has 0 fully saturated rings. The van der Waals surface area contributed by atoms with Crippen LogP contribution in [-0.4, -0.2) is 16.1 Å². The topological polar surface area (TPSA) is 34.9 Å². The molecule has 0 atom stereocenters. The Balaban J connectivity index is 2.21. The fraction of sp³-hybridized carbons (Fsp3) is 0. The molecule has 0 unspecified atom stereocenters. The van der Waals surface area contributed by atoms with Gasteiger partial charge in [-0.15, -0.1) is 0 Å². The van der Waals surface area contributed by atoms with E-state index in [0.717, 1.165) is 5.69 Å². The Labute approximate surface area is 125 Å². The van der Waals surface area contributed by atoms with Gasteiger partial charge in [-0.25, -0.2) is 9.07 Å². The minimum Gasteiger partial charge on any atom is -0.298 e. The van der Waals surface area contributed by atoms with Crippen LogP contribution in [0.15, 0.2) is 54.6 Å². The standard InChI is InChI=1S/C16H10ClFN2O/c17-16-14(10-21)15(11-5-4-6-12(18)9-11)19-20(16)13-7-2-1-3-8-13/h1-10H. The van der Waals surface area contributed by atoms with Gasteiger partial charge in [0.15, 0.2) is 6.29 Å². The smallest absolute Gasteiger partial charge is 0.155 e. The van der Waals surface area contributed by atoms with Gasteiger partial charge in [-0.1, -0.05) is 41.9 Å². The van der Waals surface area contributed by atoms with Crippen molar-refractivity contribution in [2.45, 2.75) is 0 Å². The van der Waals surface area contributed by atoms with Gasteiger partial charge in [-0.3, -0.25) is 4.79 Å². The van der Waals surface area contributed by atoms with Crippen molar-refractivity contribution >= 4 is 17.9 Å². The van der Waals surface area contributed by atoms with Gasteiger partial charge in [0.1, 0.15) is 16.7 Å². The molecule has 0 aliphatic carbocycles. The summed E-state index contributed by atoms with van der Waals surface area (Å²) in [6.07, 6.45) is 0.634. The summed E-state index contributed by atoms with van der Waals surface area (Å²) < 4.78 is 14.8. The molecule has 3 nitrogen and oxygen atoms in total. The van der Waals surface area contributed by atoms with E-state index in [1.165, 1.54) is 16.8 Å². The lowest BCUT2D eigenvalue weighted by molar-refractivity contribution is 0.112. The number of benzene rings is 2. The number of rotatable bonds is 3. The molecule has 0 N–H and O–H groups in total. The fourth-order valence-electron chi connectivity index (χ4n) is 2.10. The van der Waals surface area contributed by atoms with Crippen molar-refractivity contribution in [1.29, 1.82) is 0 Å². The molecule has 0 saturated heterocycles. The van der Waals surface area contributed by atoms with Gasteiger partial charge in [-0.05, 0) is 24.3 Å². The molecule has 1 aromatic heterocycles. The summed E-state index contributed by atoms with van der Waals surface area (Å²) in [5.74, 6) is -0.394. The second-order valence-electron chi connectivity index (χ2n) is 4.43. The van der Waals surface area contributed by atoms with E-state index in [1.54, 1.807) is 12.1 Å². The lowest BCUT2D eigenvalue weighted by Crippen LogP contribution is -1.96. The molecule has 0 aliphatic rings. The molecule has 0 saturated carbocycles. The number of para-hydroxylation sites is 1. The summed E-state index contributed by atoms with van der Waals surface area (Å²) in [6.45, 7) is 0. The van der Waals surface area contributed by atoms with Gasteiger partial charge in [0.2, 0.25) is 0 Å². The molecule has 0 bridgehead atoms. The highest BCUT2D eigenvalue weighted by molar-refractivity contribution is 6.32. The van der Waals surface area contributed by atoms with Crippen LogP contribution in [0.25, 0.3) is 16.9 Å². The SMILES string of the molecule is O=Cc1c(-c2cccc(F)c2)nn(-c2ccccc2)c1Cl. The second-order valence-corrected chi connectivity index (χ2v) is 4.79. The maximum absolute atomic E-state index is 13.4. The van der Waals surface area contributed by atoms with Gasteiger partial charge >= 0.3 is 0 Å². The molecular weight excluding hydrogens is 291 g/mol. The van der Waals surface area contributed by atoms with Gasteiger partial charge in [0, 0.05) is 5.56 Å². The number of hydrogen-bond acceptors (Lipinski definition) is 2. The van der Waals surface area contributed by atoms with Gasteiger partial charge in [-0.2, -0.15) is 5.10 Å². The normalized spacial score (nSPS) is 10.6. The Morgan fingerprint density at radius 1 is 1.10 bits per heavy atom. The predicted molar refractivity (Wildman–Crippen MR) is 79.4 cm³/mol. The molecule has 0 radical (unpaired) electrons. The first-order valence-electron chi connectivity index (χ1n) is 6.26. The Morgan fingerprint density at radius 2 is 1.86 bits per heavy atom. The molecule has 3 rings (SSSR count). The molecule has 3 aromatic rings. The van der Waals surface area contributed by atoms with E-state index in [2.05, 4.69) is 5.10 Å². The van der Waals surface area contributed by atoms with E-state index in [-0.39, 0.29) is 10.7 Å². The fourth-order valence-corrected chi connectivity index (χ4v) is 2.37. The molecule has 0 aliphatic heterocycles. The van der Waals surface area contributed by atoms with Crippen molar-refractivity contribution in [3.63, 3.8) is 0 Å². The third kappa shape index (κ3) is 2.45. The van der Waals surface area contributed by atoms with E-state index >= 15 is 0 Å². The highest BCUT2D eigenvalue weighted by Crippen LogP contribution is 2.29. The summed E-state index contributed by atoms with van der Waals surface area (Å²) in [7, 11) is 0. The van der Waals surface area contributed by atoms with Crippen LogP contribution in [0.4, 0.5) is 4.39 Å². The second kappa shape index (κ2) is 5.50. The zero-order valence-corrected chi connectivity index (χ0v) is 11.6. The summed E-state index contributed by atoms with van der Waals surface area (Å²) in [5, 5.41) is 4.55. The summed E-state index contributed by atoms with van der Waals surface area (Å²) in [6, 6.07) is 15.1. The predicted octanol–water partition coefficient (Wildman–Crippen LogP) is 4.14. The Hall–Kier alpha value is -2.46. The van der Waals surface area contributed by atoms with Crippen LogP contribution in [0.5, 0.6) is 0 Å². The van der Waals surface area contributed by atoms with Crippen molar-refractivity contribution in [1.82, 2.24) is 9.78 Å². The molecule has 0 spiro atoms. The Bertz CT molecular complexity index is 799. The number of aromatic nitrogens is 2. The van der Waals surface area contributed by atoms with Crippen LogP contribution in [-0.2, 0) is 0 Å². The summed E-state index contributed by atoms with van der Waals surface area (Å²) in [4.78, 5) is 11.3. The van der Waals surface area contributed by atoms with Gasteiger partial charge in [0.05, 0.1) is 11.3 Å².